The monoisotopic (exact) mass is 377 g/mol. The van der Waals surface area contributed by atoms with E-state index in [2.05, 4.69) is 4.74 Å². The van der Waals surface area contributed by atoms with E-state index in [-0.39, 0.29) is 16.7 Å². The summed E-state index contributed by atoms with van der Waals surface area (Å²) in [5.41, 5.74) is 0.289. The molecule has 1 atom stereocenters. The van der Waals surface area contributed by atoms with Gasteiger partial charge in [-0.2, -0.15) is 13.2 Å². The lowest BCUT2D eigenvalue weighted by Crippen LogP contribution is -2.37. The molecule has 5 nitrogen and oxygen atoms in total. The number of amides is 2. The molecule has 140 valence electrons. The SMILES string of the molecule is Cc1ccccc1[C@H](OC(=O)CN1C(=O)c2ccccc2C1=O)C(F)(F)F. The van der Waals surface area contributed by atoms with E-state index in [4.69, 9.17) is 0 Å². The Kier molecular flexibility index (Phi) is 4.73. The molecule has 0 aliphatic carbocycles. The minimum atomic E-state index is -4.84. The summed E-state index contributed by atoms with van der Waals surface area (Å²) in [7, 11) is 0. The van der Waals surface area contributed by atoms with E-state index >= 15 is 0 Å². The van der Waals surface area contributed by atoms with Gasteiger partial charge in [-0.15, -0.1) is 0 Å². The van der Waals surface area contributed by atoms with Crippen LogP contribution < -0.4 is 0 Å². The van der Waals surface area contributed by atoms with Gasteiger partial charge in [0.05, 0.1) is 11.1 Å². The van der Waals surface area contributed by atoms with Crippen molar-refractivity contribution in [2.75, 3.05) is 6.54 Å². The number of fused-ring (bicyclic) bond motifs is 1. The molecule has 3 rings (SSSR count). The fourth-order valence-electron chi connectivity index (χ4n) is 2.87. The zero-order valence-electron chi connectivity index (χ0n) is 14.1. The van der Waals surface area contributed by atoms with Gasteiger partial charge in [-0.1, -0.05) is 36.4 Å². The van der Waals surface area contributed by atoms with Crippen molar-refractivity contribution in [2.45, 2.75) is 19.2 Å². The minimum absolute atomic E-state index is 0.0987. The Morgan fingerprint density at radius 2 is 1.52 bits per heavy atom. The van der Waals surface area contributed by atoms with Crippen molar-refractivity contribution in [3.63, 3.8) is 0 Å². The number of alkyl halides is 3. The first kappa shape index (κ1) is 18.6. The Hall–Kier alpha value is -3.16. The van der Waals surface area contributed by atoms with Gasteiger partial charge in [0.1, 0.15) is 6.54 Å². The first-order valence-corrected chi connectivity index (χ1v) is 7.97. The maximum atomic E-state index is 13.4. The number of benzene rings is 2. The number of nitrogens with zero attached hydrogens (tertiary/aromatic N) is 1. The van der Waals surface area contributed by atoms with Crippen LogP contribution in [0, 0.1) is 6.92 Å². The van der Waals surface area contributed by atoms with Crippen molar-refractivity contribution in [1.82, 2.24) is 4.90 Å². The molecule has 0 spiro atoms. The number of aryl methyl sites for hydroxylation is 1. The number of halogens is 3. The fourth-order valence-corrected chi connectivity index (χ4v) is 2.87. The van der Waals surface area contributed by atoms with E-state index in [1.165, 1.54) is 37.3 Å². The Morgan fingerprint density at radius 3 is 2.04 bits per heavy atom. The third-order valence-corrected chi connectivity index (χ3v) is 4.18. The predicted molar refractivity (Wildman–Crippen MR) is 87.9 cm³/mol. The normalized spacial score (nSPS) is 14.9. The van der Waals surface area contributed by atoms with E-state index in [0.29, 0.717) is 10.5 Å². The van der Waals surface area contributed by atoms with Crippen LogP contribution in [0.25, 0.3) is 0 Å². The van der Waals surface area contributed by atoms with Crippen molar-refractivity contribution < 1.29 is 32.3 Å². The highest BCUT2D eigenvalue weighted by Crippen LogP contribution is 2.37. The molecule has 27 heavy (non-hydrogen) atoms. The number of esters is 1. The Balaban J connectivity index is 1.79. The van der Waals surface area contributed by atoms with E-state index in [1.54, 1.807) is 18.2 Å². The summed E-state index contributed by atoms with van der Waals surface area (Å²) in [5.74, 6) is -2.81. The topological polar surface area (TPSA) is 63.7 Å². The molecule has 1 heterocycles. The quantitative estimate of drug-likeness (QED) is 0.605. The summed E-state index contributed by atoms with van der Waals surface area (Å²) in [6.45, 7) is 0.566. The van der Waals surface area contributed by atoms with Gasteiger partial charge in [0.25, 0.3) is 11.8 Å². The van der Waals surface area contributed by atoms with Gasteiger partial charge < -0.3 is 4.74 Å². The highest BCUT2D eigenvalue weighted by molar-refractivity contribution is 6.22. The number of hydrogen-bond donors (Lipinski definition) is 0. The molecule has 0 bridgehead atoms. The molecule has 0 fully saturated rings. The second-order valence-electron chi connectivity index (χ2n) is 6.01. The summed E-state index contributed by atoms with van der Waals surface area (Å²) in [6.07, 6.45) is -7.33. The van der Waals surface area contributed by atoms with E-state index in [9.17, 15) is 27.6 Å². The number of carbonyl (C=O) groups excluding carboxylic acids is 3. The molecular weight excluding hydrogens is 363 g/mol. The number of imide groups is 1. The third-order valence-electron chi connectivity index (χ3n) is 4.18. The number of rotatable bonds is 4. The predicted octanol–water partition coefficient (Wildman–Crippen LogP) is 3.44. The van der Waals surface area contributed by atoms with Gasteiger partial charge >= 0.3 is 12.1 Å². The lowest BCUT2D eigenvalue weighted by atomic mass is 10.0. The van der Waals surface area contributed by atoms with Crippen LogP contribution in [0.15, 0.2) is 48.5 Å². The molecule has 1 aliphatic heterocycles. The van der Waals surface area contributed by atoms with Crippen LogP contribution >= 0.6 is 0 Å². The van der Waals surface area contributed by atoms with E-state index < -0.39 is 36.6 Å². The molecular formula is C19H14F3NO4. The molecule has 0 radical (unpaired) electrons. The van der Waals surface area contributed by atoms with Crippen LogP contribution in [0.2, 0.25) is 0 Å². The average molecular weight is 377 g/mol. The summed E-state index contributed by atoms with van der Waals surface area (Å²) < 4.78 is 44.8. The summed E-state index contributed by atoms with van der Waals surface area (Å²) in [6, 6.07) is 11.5. The van der Waals surface area contributed by atoms with Crippen molar-refractivity contribution >= 4 is 17.8 Å². The summed E-state index contributed by atoms with van der Waals surface area (Å²) in [4.78, 5) is 37.1. The lowest BCUT2D eigenvalue weighted by Gasteiger charge is -2.23. The average Bonchev–Trinajstić information content (AvgIpc) is 2.85. The van der Waals surface area contributed by atoms with Gasteiger partial charge in [0, 0.05) is 5.56 Å². The van der Waals surface area contributed by atoms with Crippen LogP contribution in [0.4, 0.5) is 13.2 Å². The highest BCUT2D eigenvalue weighted by Gasteiger charge is 2.45. The molecule has 2 aromatic carbocycles. The largest absolute Gasteiger partial charge is 0.446 e. The molecule has 0 saturated heterocycles. The molecule has 8 heteroatoms. The Labute approximate surface area is 152 Å². The minimum Gasteiger partial charge on any atom is -0.446 e. The summed E-state index contributed by atoms with van der Waals surface area (Å²) >= 11 is 0. The van der Waals surface area contributed by atoms with Gasteiger partial charge in [-0.05, 0) is 24.6 Å². The van der Waals surface area contributed by atoms with Crippen molar-refractivity contribution in [3.8, 4) is 0 Å². The van der Waals surface area contributed by atoms with Gasteiger partial charge in [0.2, 0.25) is 6.10 Å². The highest BCUT2D eigenvalue weighted by atomic mass is 19.4. The molecule has 0 N–H and O–H groups in total. The maximum absolute atomic E-state index is 13.4. The van der Waals surface area contributed by atoms with Crippen molar-refractivity contribution in [1.29, 1.82) is 0 Å². The Morgan fingerprint density at radius 1 is 1.00 bits per heavy atom. The van der Waals surface area contributed by atoms with Crippen LogP contribution in [0.3, 0.4) is 0 Å². The number of carbonyl (C=O) groups is 3. The van der Waals surface area contributed by atoms with Crippen molar-refractivity contribution in [3.05, 3.63) is 70.8 Å². The molecule has 0 saturated carbocycles. The molecule has 2 aromatic rings. The second-order valence-corrected chi connectivity index (χ2v) is 6.01. The number of ether oxygens (including phenoxy) is 1. The van der Waals surface area contributed by atoms with Gasteiger partial charge in [0.15, 0.2) is 0 Å². The number of hydrogen-bond acceptors (Lipinski definition) is 4. The molecule has 0 unspecified atom stereocenters. The van der Waals surface area contributed by atoms with Gasteiger partial charge in [-0.3, -0.25) is 19.3 Å². The summed E-state index contributed by atoms with van der Waals surface area (Å²) in [5, 5.41) is 0. The van der Waals surface area contributed by atoms with E-state index in [1.807, 2.05) is 0 Å². The zero-order chi connectivity index (χ0) is 19.8. The van der Waals surface area contributed by atoms with Crippen LogP contribution in [-0.4, -0.2) is 35.4 Å². The van der Waals surface area contributed by atoms with Crippen LogP contribution in [-0.2, 0) is 9.53 Å². The van der Waals surface area contributed by atoms with Crippen molar-refractivity contribution in [2.24, 2.45) is 0 Å². The fraction of sp³-hybridized carbons (Fsp3) is 0.211. The standard InChI is InChI=1S/C19H14F3NO4/c1-11-6-2-3-7-12(11)16(19(20,21)22)27-15(24)10-23-17(25)13-8-4-5-9-14(13)18(23)26/h2-9,16H,10H2,1H3/t16-/m0/s1. The first-order valence-electron chi connectivity index (χ1n) is 7.97. The second kappa shape index (κ2) is 6.86. The molecule has 1 aliphatic rings. The lowest BCUT2D eigenvalue weighted by molar-refractivity contribution is -0.224. The van der Waals surface area contributed by atoms with Gasteiger partial charge in [-0.25, -0.2) is 0 Å². The first-order chi connectivity index (χ1) is 12.7. The molecule has 2 amide bonds. The van der Waals surface area contributed by atoms with Crippen LogP contribution in [0.1, 0.15) is 37.9 Å². The van der Waals surface area contributed by atoms with Crippen LogP contribution in [0.5, 0.6) is 0 Å². The smallest absolute Gasteiger partial charge is 0.429 e. The maximum Gasteiger partial charge on any atom is 0.429 e. The third kappa shape index (κ3) is 3.55. The van der Waals surface area contributed by atoms with E-state index in [0.717, 1.165) is 0 Å². The molecule has 0 aromatic heterocycles. The Bertz CT molecular complexity index is 888. The zero-order valence-corrected chi connectivity index (χ0v) is 14.1.